The summed E-state index contributed by atoms with van der Waals surface area (Å²) in [5.41, 5.74) is 12.5. The van der Waals surface area contributed by atoms with Gasteiger partial charge in [0.25, 0.3) is 0 Å². The second-order valence-corrected chi connectivity index (χ2v) is 7.30. The number of anilines is 1. The summed E-state index contributed by atoms with van der Waals surface area (Å²) in [5, 5.41) is 2.92. The average molecular weight is 439 g/mol. The van der Waals surface area contributed by atoms with Crippen molar-refractivity contribution in [1.82, 2.24) is 4.98 Å². The predicted molar refractivity (Wildman–Crippen MR) is 115 cm³/mol. The van der Waals surface area contributed by atoms with Crippen LogP contribution in [0.1, 0.15) is 29.6 Å². The molecule has 2 aliphatic carbocycles. The first-order valence-corrected chi connectivity index (χ1v) is 9.11. The van der Waals surface area contributed by atoms with E-state index in [1.165, 1.54) is 0 Å². The van der Waals surface area contributed by atoms with Crippen molar-refractivity contribution in [3.63, 3.8) is 0 Å². The van der Waals surface area contributed by atoms with Gasteiger partial charge in [0.05, 0.1) is 17.8 Å². The van der Waals surface area contributed by atoms with Gasteiger partial charge in [0.15, 0.2) is 0 Å². The standard InChI is InChI=1S/C20H22N4O3.2ClH/c21-18-12-5-4-11(8-12)17(18)20(26)24-14-6-7-16(23-10-14)27-15-3-1-2-13(9-15)19(22)25;;/h1-3,6-7,9-12,17-18H,4-5,8,21H2,(H2,22,25)(H,24,26);2*1H. The molecule has 2 aliphatic rings. The molecule has 4 unspecified atom stereocenters. The number of hydrogen-bond acceptors (Lipinski definition) is 5. The highest BCUT2D eigenvalue weighted by atomic mass is 35.5. The van der Waals surface area contributed by atoms with Crippen LogP contribution < -0.4 is 21.5 Å². The zero-order chi connectivity index (χ0) is 19.0. The van der Waals surface area contributed by atoms with Gasteiger partial charge in [0, 0.05) is 17.7 Å². The molecule has 4 atom stereocenters. The van der Waals surface area contributed by atoms with Crippen LogP contribution >= 0.6 is 24.8 Å². The number of hydrogen-bond donors (Lipinski definition) is 3. The average Bonchev–Trinajstić information content (AvgIpc) is 3.24. The second-order valence-electron chi connectivity index (χ2n) is 7.30. The number of carbonyl (C=O) groups excluding carboxylic acids is 2. The largest absolute Gasteiger partial charge is 0.439 e. The summed E-state index contributed by atoms with van der Waals surface area (Å²) in [6, 6.07) is 9.90. The van der Waals surface area contributed by atoms with Crippen LogP contribution in [0.4, 0.5) is 5.69 Å². The van der Waals surface area contributed by atoms with Crippen molar-refractivity contribution in [2.24, 2.45) is 29.2 Å². The minimum atomic E-state index is -0.523. The first-order valence-electron chi connectivity index (χ1n) is 9.11. The number of nitrogens with zero attached hydrogens (tertiary/aromatic N) is 1. The first kappa shape index (κ1) is 22.9. The number of aromatic nitrogens is 1. The summed E-state index contributed by atoms with van der Waals surface area (Å²) in [6.45, 7) is 0. The molecule has 1 aromatic heterocycles. The van der Waals surface area contributed by atoms with E-state index in [2.05, 4.69) is 10.3 Å². The van der Waals surface area contributed by atoms with Gasteiger partial charge in [-0.15, -0.1) is 24.8 Å². The molecular formula is C20H24Cl2N4O3. The lowest BCUT2D eigenvalue weighted by molar-refractivity contribution is -0.121. The van der Waals surface area contributed by atoms with E-state index >= 15 is 0 Å². The van der Waals surface area contributed by atoms with Gasteiger partial charge in [-0.1, -0.05) is 6.07 Å². The van der Waals surface area contributed by atoms with Gasteiger partial charge in [0.1, 0.15) is 5.75 Å². The van der Waals surface area contributed by atoms with Crippen LogP contribution in [-0.2, 0) is 4.79 Å². The van der Waals surface area contributed by atoms with E-state index in [1.54, 1.807) is 42.6 Å². The molecule has 1 aromatic carbocycles. The van der Waals surface area contributed by atoms with Crippen molar-refractivity contribution < 1.29 is 14.3 Å². The molecular weight excluding hydrogens is 415 g/mol. The molecule has 7 nitrogen and oxygen atoms in total. The molecule has 0 spiro atoms. The highest BCUT2D eigenvalue weighted by Gasteiger charge is 2.49. The third-order valence-corrected chi connectivity index (χ3v) is 5.63. The molecule has 1 heterocycles. The predicted octanol–water partition coefficient (Wildman–Crippen LogP) is 3.13. The topological polar surface area (TPSA) is 120 Å². The Balaban J connectivity index is 0.00000150. The highest BCUT2D eigenvalue weighted by molar-refractivity contribution is 5.94. The molecule has 2 fully saturated rings. The molecule has 29 heavy (non-hydrogen) atoms. The van der Waals surface area contributed by atoms with Crippen LogP contribution in [0.2, 0.25) is 0 Å². The number of pyridine rings is 1. The van der Waals surface area contributed by atoms with Gasteiger partial charge < -0.3 is 21.5 Å². The summed E-state index contributed by atoms with van der Waals surface area (Å²) < 4.78 is 5.63. The molecule has 0 radical (unpaired) electrons. The van der Waals surface area contributed by atoms with Crippen LogP contribution in [0.15, 0.2) is 42.6 Å². The van der Waals surface area contributed by atoms with Crippen molar-refractivity contribution in [2.75, 3.05) is 5.32 Å². The van der Waals surface area contributed by atoms with E-state index in [1.807, 2.05) is 0 Å². The van der Waals surface area contributed by atoms with Crippen molar-refractivity contribution in [3.8, 4) is 11.6 Å². The number of amides is 2. The first-order chi connectivity index (χ1) is 13.0. The number of nitrogens with two attached hydrogens (primary N) is 2. The third kappa shape index (κ3) is 4.80. The van der Waals surface area contributed by atoms with Gasteiger partial charge in [-0.2, -0.15) is 0 Å². The van der Waals surface area contributed by atoms with Gasteiger partial charge in [-0.05, 0) is 55.4 Å². The molecule has 5 N–H and O–H groups in total. The van der Waals surface area contributed by atoms with Crippen LogP contribution in [-0.4, -0.2) is 22.8 Å². The maximum atomic E-state index is 12.6. The molecule has 2 bridgehead atoms. The molecule has 9 heteroatoms. The van der Waals surface area contributed by atoms with E-state index in [-0.39, 0.29) is 42.7 Å². The second kappa shape index (κ2) is 9.43. The van der Waals surface area contributed by atoms with E-state index in [9.17, 15) is 9.59 Å². The number of fused-ring (bicyclic) bond motifs is 2. The zero-order valence-electron chi connectivity index (χ0n) is 15.6. The molecule has 2 saturated carbocycles. The van der Waals surface area contributed by atoms with Gasteiger partial charge in [0.2, 0.25) is 17.7 Å². The Kier molecular flexibility index (Phi) is 7.46. The molecule has 2 aromatic rings. The Morgan fingerprint density at radius 2 is 1.86 bits per heavy atom. The summed E-state index contributed by atoms with van der Waals surface area (Å²) in [5.74, 6) is 1.03. The number of nitrogens with one attached hydrogen (secondary N) is 1. The Hall–Kier alpha value is -2.35. The van der Waals surface area contributed by atoms with Gasteiger partial charge in [-0.3, -0.25) is 9.59 Å². The summed E-state index contributed by atoms with van der Waals surface area (Å²) in [6.07, 6.45) is 4.84. The van der Waals surface area contributed by atoms with Crippen molar-refractivity contribution in [3.05, 3.63) is 48.2 Å². The van der Waals surface area contributed by atoms with Crippen LogP contribution in [0.25, 0.3) is 0 Å². The Morgan fingerprint density at radius 3 is 2.48 bits per heavy atom. The van der Waals surface area contributed by atoms with Crippen molar-refractivity contribution in [1.29, 1.82) is 0 Å². The third-order valence-electron chi connectivity index (χ3n) is 5.63. The summed E-state index contributed by atoms with van der Waals surface area (Å²) >= 11 is 0. The molecule has 0 aliphatic heterocycles. The summed E-state index contributed by atoms with van der Waals surface area (Å²) in [4.78, 5) is 28.0. The summed E-state index contributed by atoms with van der Waals surface area (Å²) in [7, 11) is 0. The smallest absolute Gasteiger partial charge is 0.248 e. The lowest BCUT2D eigenvalue weighted by Gasteiger charge is -2.26. The van der Waals surface area contributed by atoms with E-state index in [0.29, 0.717) is 34.7 Å². The molecule has 4 rings (SSSR count). The van der Waals surface area contributed by atoms with Crippen LogP contribution in [0.5, 0.6) is 11.6 Å². The van der Waals surface area contributed by atoms with Crippen LogP contribution in [0.3, 0.4) is 0 Å². The maximum Gasteiger partial charge on any atom is 0.248 e. The van der Waals surface area contributed by atoms with E-state index in [4.69, 9.17) is 16.2 Å². The normalized spacial score (nSPS) is 24.2. The van der Waals surface area contributed by atoms with Crippen molar-refractivity contribution in [2.45, 2.75) is 25.3 Å². The number of rotatable bonds is 5. The number of carbonyl (C=O) groups is 2. The van der Waals surface area contributed by atoms with Gasteiger partial charge >= 0.3 is 0 Å². The number of benzene rings is 1. The maximum absolute atomic E-state index is 12.6. The Morgan fingerprint density at radius 1 is 1.10 bits per heavy atom. The lowest BCUT2D eigenvalue weighted by Crippen LogP contribution is -2.42. The fraction of sp³-hybridized carbons (Fsp3) is 0.350. The van der Waals surface area contributed by atoms with Crippen molar-refractivity contribution >= 4 is 42.3 Å². The Labute approximate surface area is 181 Å². The zero-order valence-corrected chi connectivity index (χ0v) is 17.2. The lowest BCUT2D eigenvalue weighted by atomic mass is 9.84. The highest BCUT2D eigenvalue weighted by Crippen LogP contribution is 2.47. The molecule has 156 valence electrons. The fourth-order valence-electron chi connectivity index (χ4n) is 4.30. The monoisotopic (exact) mass is 438 g/mol. The Bertz CT molecular complexity index is 876. The molecule has 0 saturated heterocycles. The quantitative estimate of drug-likeness (QED) is 0.661. The SMILES string of the molecule is Cl.Cl.NC(=O)c1cccc(Oc2ccc(NC(=O)C3C4CCC(C4)C3N)cn2)c1. The number of halogens is 2. The minimum Gasteiger partial charge on any atom is -0.439 e. The van der Waals surface area contributed by atoms with E-state index in [0.717, 1.165) is 19.3 Å². The fourth-order valence-corrected chi connectivity index (χ4v) is 4.30. The molecule has 2 amide bonds. The van der Waals surface area contributed by atoms with Crippen LogP contribution in [0, 0.1) is 17.8 Å². The number of primary amides is 1. The number of ether oxygens (including phenoxy) is 1. The minimum absolute atomic E-state index is 0. The van der Waals surface area contributed by atoms with E-state index < -0.39 is 5.91 Å². The van der Waals surface area contributed by atoms with Gasteiger partial charge in [-0.25, -0.2) is 4.98 Å².